The van der Waals surface area contributed by atoms with Gasteiger partial charge in [-0.15, -0.1) is 0 Å². The summed E-state index contributed by atoms with van der Waals surface area (Å²) in [6.45, 7) is 0.216. The van der Waals surface area contributed by atoms with E-state index in [1.807, 2.05) is 0 Å². The summed E-state index contributed by atoms with van der Waals surface area (Å²) in [6.07, 6.45) is 4.16. The highest BCUT2D eigenvalue weighted by atomic mass is 16.4. The molecular weight excluding hydrogens is 250 g/mol. The van der Waals surface area contributed by atoms with Gasteiger partial charge in [0.25, 0.3) is 0 Å². The highest BCUT2D eigenvalue weighted by Crippen LogP contribution is 2.01. The molecule has 2 heterocycles. The molecule has 0 fully saturated rings. The summed E-state index contributed by atoms with van der Waals surface area (Å²) in [5.41, 5.74) is 0.613. The van der Waals surface area contributed by atoms with Crippen LogP contribution in [-0.2, 0) is 17.9 Å². The van der Waals surface area contributed by atoms with E-state index in [1.165, 1.54) is 35.7 Å². The first-order chi connectivity index (χ1) is 9.15. The van der Waals surface area contributed by atoms with Gasteiger partial charge in [0.15, 0.2) is 0 Å². The van der Waals surface area contributed by atoms with E-state index in [0.29, 0.717) is 5.69 Å². The predicted octanol–water partition coefficient (Wildman–Crippen LogP) is -0.312. The molecule has 0 aliphatic heterocycles. The van der Waals surface area contributed by atoms with Crippen LogP contribution < -0.4 is 5.32 Å². The molecular formula is C11H11N5O3. The molecule has 0 aromatic carbocycles. The molecule has 0 atom stereocenters. The van der Waals surface area contributed by atoms with E-state index in [9.17, 15) is 9.59 Å². The van der Waals surface area contributed by atoms with E-state index in [2.05, 4.69) is 20.4 Å². The summed E-state index contributed by atoms with van der Waals surface area (Å²) < 4.78 is 1.39. The van der Waals surface area contributed by atoms with Crippen LogP contribution in [0.25, 0.3) is 0 Å². The van der Waals surface area contributed by atoms with E-state index in [4.69, 9.17) is 5.11 Å². The maximum absolute atomic E-state index is 11.6. The number of hydrogen-bond donors (Lipinski definition) is 2. The predicted molar refractivity (Wildman–Crippen MR) is 63.1 cm³/mol. The smallest absolute Gasteiger partial charge is 0.335 e. The van der Waals surface area contributed by atoms with Gasteiger partial charge in [0.1, 0.15) is 19.2 Å². The second kappa shape index (κ2) is 5.71. The number of hydrogen-bond acceptors (Lipinski definition) is 5. The molecule has 2 rings (SSSR count). The molecule has 0 aliphatic rings. The Labute approximate surface area is 108 Å². The summed E-state index contributed by atoms with van der Waals surface area (Å²) in [5, 5.41) is 15.2. The number of nitrogens with one attached hydrogen (secondary N) is 1. The summed E-state index contributed by atoms with van der Waals surface area (Å²) in [5.74, 6) is -1.29. The third kappa shape index (κ3) is 3.60. The number of aromatic nitrogens is 4. The molecule has 0 saturated heterocycles. The SMILES string of the molecule is O=C(Cn1cncn1)NCc1cc(C(=O)O)ccn1. The van der Waals surface area contributed by atoms with Gasteiger partial charge in [-0.3, -0.25) is 9.78 Å². The minimum Gasteiger partial charge on any atom is -0.478 e. The standard InChI is InChI=1S/C11H11N5O3/c17-10(5-16-7-12-6-15-16)14-4-9-3-8(11(18)19)1-2-13-9/h1-3,6-7H,4-5H2,(H,14,17)(H,18,19). The number of amides is 1. The second-order valence-electron chi connectivity index (χ2n) is 3.71. The molecule has 2 aromatic rings. The molecule has 98 valence electrons. The Hall–Kier alpha value is -2.77. The molecule has 0 saturated carbocycles. The van der Waals surface area contributed by atoms with Crippen LogP contribution in [0.3, 0.4) is 0 Å². The maximum atomic E-state index is 11.6. The molecule has 2 N–H and O–H groups in total. The summed E-state index contributed by atoms with van der Waals surface area (Å²) in [4.78, 5) is 30.0. The van der Waals surface area contributed by atoms with Crippen molar-refractivity contribution in [2.45, 2.75) is 13.1 Å². The molecule has 19 heavy (non-hydrogen) atoms. The fourth-order valence-corrected chi connectivity index (χ4v) is 1.41. The maximum Gasteiger partial charge on any atom is 0.335 e. The van der Waals surface area contributed by atoms with E-state index in [-0.39, 0.29) is 24.6 Å². The van der Waals surface area contributed by atoms with E-state index >= 15 is 0 Å². The normalized spacial score (nSPS) is 10.1. The van der Waals surface area contributed by atoms with Crippen LogP contribution in [0.2, 0.25) is 0 Å². The Kier molecular flexibility index (Phi) is 3.81. The largest absolute Gasteiger partial charge is 0.478 e. The fourth-order valence-electron chi connectivity index (χ4n) is 1.41. The lowest BCUT2D eigenvalue weighted by Gasteiger charge is -2.05. The zero-order valence-electron chi connectivity index (χ0n) is 9.85. The van der Waals surface area contributed by atoms with Gasteiger partial charge in [-0.1, -0.05) is 0 Å². The first kappa shape index (κ1) is 12.7. The van der Waals surface area contributed by atoms with Crippen LogP contribution in [0.15, 0.2) is 31.0 Å². The summed E-state index contributed by atoms with van der Waals surface area (Å²) >= 11 is 0. The average Bonchev–Trinajstić information content (AvgIpc) is 2.89. The highest BCUT2D eigenvalue weighted by Gasteiger charge is 2.06. The van der Waals surface area contributed by atoms with Crippen LogP contribution in [0, 0.1) is 0 Å². The first-order valence-electron chi connectivity index (χ1n) is 5.42. The van der Waals surface area contributed by atoms with Gasteiger partial charge in [-0.2, -0.15) is 5.10 Å². The summed E-state index contributed by atoms with van der Waals surface area (Å²) in [7, 11) is 0. The zero-order chi connectivity index (χ0) is 13.7. The van der Waals surface area contributed by atoms with Gasteiger partial charge in [-0.05, 0) is 12.1 Å². The molecule has 8 heteroatoms. The average molecular weight is 261 g/mol. The number of rotatable bonds is 5. The fraction of sp³-hybridized carbons (Fsp3) is 0.182. The Balaban J connectivity index is 1.89. The number of carboxylic acid groups (broad SMARTS) is 1. The minimum absolute atomic E-state index is 0.0542. The zero-order valence-corrected chi connectivity index (χ0v) is 9.85. The second-order valence-corrected chi connectivity index (χ2v) is 3.71. The lowest BCUT2D eigenvalue weighted by Crippen LogP contribution is -2.27. The van der Waals surface area contributed by atoms with Crippen LogP contribution in [0.5, 0.6) is 0 Å². The minimum atomic E-state index is -1.03. The topological polar surface area (TPSA) is 110 Å². The Morgan fingerprint density at radius 2 is 2.26 bits per heavy atom. The van der Waals surface area contributed by atoms with E-state index in [1.54, 1.807) is 0 Å². The Morgan fingerprint density at radius 1 is 1.42 bits per heavy atom. The molecule has 1 amide bonds. The molecule has 0 spiro atoms. The quantitative estimate of drug-likeness (QED) is 0.763. The number of carbonyl (C=O) groups excluding carboxylic acids is 1. The van der Waals surface area contributed by atoms with Crippen molar-refractivity contribution >= 4 is 11.9 Å². The Bertz CT molecular complexity index is 582. The molecule has 0 unspecified atom stereocenters. The van der Waals surface area contributed by atoms with Crippen molar-refractivity contribution in [3.63, 3.8) is 0 Å². The van der Waals surface area contributed by atoms with Crippen LogP contribution in [0.1, 0.15) is 16.1 Å². The van der Waals surface area contributed by atoms with Crippen molar-refractivity contribution < 1.29 is 14.7 Å². The molecule has 0 bridgehead atoms. The van der Waals surface area contributed by atoms with Crippen molar-refractivity contribution in [2.75, 3.05) is 0 Å². The number of nitrogens with zero attached hydrogens (tertiary/aromatic N) is 4. The van der Waals surface area contributed by atoms with Gasteiger partial charge in [0, 0.05) is 6.20 Å². The first-order valence-corrected chi connectivity index (χ1v) is 5.42. The van der Waals surface area contributed by atoms with Crippen LogP contribution >= 0.6 is 0 Å². The van der Waals surface area contributed by atoms with E-state index < -0.39 is 5.97 Å². The molecule has 2 aromatic heterocycles. The van der Waals surface area contributed by atoms with Crippen molar-refractivity contribution in [3.8, 4) is 0 Å². The van der Waals surface area contributed by atoms with Gasteiger partial charge < -0.3 is 10.4 Å². The summed E-state index contributed by atoms with van der Waals surface area (Å²) in [6, 6.07) is 2.81. The molecule has 8 nitrogen and oxygen atoms in total. The van der Waals surface area contributed by atoms with Crippen molar-refractivity contribution in [2.24, 2.45) is 0 Å². The highest BCUT2D eigenvalue weighted by molar-refractivity contribution is 5.87. The number of aromatic carboxylic acids is 1. The van der Waals surface area contributed by atoms with Crippen molar-refractivity contribution in [1.82, 2.24) is 25.1 Å². The Morgan fingerprint density at radius 3 is 2.95 bits per heavy atom. The number of pyridine rings is 1. The van der Waals surface area contributed by atoms with Gasteiger partial charge in [0.05, 0.1) is 17.8 Å². The van der Waals surface area contributed by atoms with Crippen LogP contribution in [-0.4, -0.2) is 36.7 Å². The van der Waals surface area contributed by atoms with Crippen LogP contribution in [0.4, 0.5) is 0 Å². The molecule has 0 aliphatic carbocycles. The van der Waals surface area contributed by atoms with Crippen molar-refractivity contribution in [3.05, 3.63) is 42.2 Å². The van der Waals surface area contributed by atoms with Crippen molar-refractivity contribution in [1.29, 1.82) is 0 Å². The van der Waals surface area contributed by atoms with Gasteiger partial charge in [-0.25, -0.2) is 14.5 Å². The van der Waals surface area contributed by atoms with Gasteiger partial charge in [0.2, 0.25) is 5.91 Å². The third-order valence-electron chi connectivity index (χ3n) is 2.30. The molecule has 0 radical (unpaired) electrons. The van der Waals surface area contributed by atoms with E-state index in [0.717, 1.165) is 0 Å². The lowest BCUT2D eigenvalue weighted by molar-refractivity contribution is -0.122. The monoisotopic (exact) mass is 261 g/mol. The number of carbonyl (C=O) groups is 2. The number of carboxylic acids is 1. The lowest BCUT2D eigenvalue weighted by atomic mass is 10.2. The van der Waals surface area contributed by atoms with Gasteiger partial charge >= 0.3 is 5.97 Å². The third-order valence-corrected chi connectivity index (χ3v) is 2.30.